The molecule has 2 aliphatic rings. The normalized spacial score (nSPS) is 28.3. The third kappa shape index (κ3) is 4.28. The van der Waals surface area contributed by atoms with Crippen LogP contribution in [0.2, 0.25) is 0 Å². The lowest BCUT2D eigenvalue weighted by Gasteiger charge is -2.15. The molecule has 0 bridgehead atoms. The van der Waals surface area contributed by atoms with Gasteiger partial charge in [-0.15, -0.1) is 0 Å². The molecule has 0 heterocycles. The Bertz CT molecular complexity index is 254. The number of nitrogens with one attached hydrogen (secondary N) is 1. The number of amides is 1. The van der Waals surface area contributed by atoms with Gasteiger partial charge in [0.05, 0.1) is 5.92 Å². The van der Waals surface area contributed by atoms with Crippen LogP contribution in [0.1, 0.15) is 38.5 Å². The summed E-state index contributed by atoms with van der Waals surface area (Å²) in [6.07, 6.45) is 6.59. The van der Waals surface area contributed by atoms with E-state index in [1.165, 1.54) is 12.8 Å². The van der Waals surface area contributed by atoms with Crippen LogP contribution in [0.25, 0.3) is 0 Å². The van der Waals surface area contributed by atoms with Gasteiger partial charge in [-0.3, -0.25) is 4.79 Å². The van der Waals surface area contributed by atoms with Crippen LogP contribution >= 0.6 is 0 Å². The maximum absolute atomic E-state index is 11.8. The van der Waals surface area contributed by atoms with Gasteiger partial charge in [-0.1, -0.05) is 6.42 Å². The molecule has 2 rings (SSSR count). The summed E-state index contributed by atoms with van der Waals surface area (Å²) >= 11 is 0. The Balaban J connectivity index is 1.47. The van der Waals surface area contributed by atoms with Crippen LogP contribution in [-0.2, 0) is 9.53 Å². The molecular formula is C13H24N2O2. The second-order valence-electron chi connectivity index (χ2n) is 5.36. The molecule has 0 aliphatic heterocycles. The summed E-state index contributed by atoms with van der Waals surface area (Å²) < 4.78 is 5.51. The maximum atomic E-state index is 11.8. The van der Waals surface area contributed by atoms with Gasteiger partial charge in [0, 0.05) is 25.8 Å². The molecule has 17 heavy (non-hydrogen) atoms. The topological polar surface area (TPSA) is 64.4 Å². The average Bonchev–Trinajstić information content (AvgIpc) is 3.04. The highest BCUT2D eigenvalue weighted by molar-refractivity contribution is 5.79. The Morgan fingerprint density at radius 2 is 2.12 bits per heavy atom. The summed E-state index contributed by atoms with van der Waals surface area (Å²) in [6.45, 7) is 2.38. The van der Waals surface area contributed by atoms with Gasteiger partial charge >= 0.3 is 0 Å². The molecule has 2 saturated carbocycles. The zero-order valence-electron chi connectivity index (χ0n) is 10.5. The molecule has 3 N–H and O–H groups in total. The lowest BCUT2D eigenvalue weighted by atomic mass is 10.0. The maximum Gasteiger partial charge on any atom is 0.224 e. The Labute approximate surface area is 103 Å². The quantitative estimate of drug-likeness (QED) is 0.654. The van der Waals surface area contributed by atoms with E-state index in [9.17, 15) is 4.79 Å². The summed E-state index contributed by atoms with van der Waals surface area (Å²) in [5.41, 5.74) is 5.89. The van der Waals surface area contributed by atoms with Gasteiger partial charge in [-0.05, 0) is 38.0 Å². The Morgan fingerprint density at radius 3 is 2.76 bits per heavy atom. The van der Waals surface area contributed by atoms with Gasteiger partial charge < -0.3 is 15.8 Å². The fourth-order valence-electron chi connectivity index (χ4n) is 2.37. The smallest absolute Gasteiger partial charge is 0.224 e. The standard InChI is InChI=1S/C13H24N2O2/c14-12-4-1-3-11(12)13(16)15-7-2-8-17-9-10-5-6-10/h10-12H,1-9,14H2,(H,15,16). The molecule has 0 spiro atoms. The van der Waals surface area contributed by atoms with Crippen molar-refractivity contribution in [2.45, 2.75) is 44.6 Å². The van der Waals surface area contributed by atoms with Crippen molar-refractivity contribution in [3.63, 3.8) is 0 Å². The van der Waals surface area contributed by atoms with Crippen molar-refractivity contribution in [2.24, 2.45) is 17.6 Å². The molecular weight excluding hydrogens is 216 g/mol. The predicted octanol–water partition coefficient (Wildman–Crippen LogP) is 1.05. The molecule has 2 fully saturated rings. The third-order valence-corrected chi connectivity index (χ3v) is 3.72. The van der Waals surface area contributed by atoms with E-state index in [0.717, 1.165) is 44.8 Å². The molecule has 0 saturated heterocycles. The van der Waals surface area contributed by atoms with E-state index < -0.39 is 0 Å². The first-order chi connectivity index (χ1) is 8.27. The van der Waals surface area contributed by atoms with Gasteiger partial charge in [-0.25, -0.2) is 0 Å². The monoisotopic (exact) mass is 240 g/mol. The number of hydrogen-bond acceptors (Lipinski definition) is 3. The fourth-order valence-corrected chi connectivity index (χ4v) is 2.37. The summed E-state index contributed by atoms with van der Waals surface area (Å²) in [5, 5.41) is 2.96. The molecule has 2 unspecified atom stereocenters. The molecule has 1 amide bonds. The third-order valence-electron chi connectivity index (χ3n) is 3.72. The lowest BCUT2D eigenvalue weighted by Crippen LogP contribution is -2.39. The van der Waals surface area contributed by atoms with Crippen molar-refractivity contribution in [3.8, 4) is 0 Å². The molecule has 2 atom stereocenters. The van der Waals surface area contributed by atoms with E-state index in [2.05, 4.69) is 5.32 Å². The first-order valence-electron chi connectivity index (χ1n) is 6.88. The predicted molar refractivity (Wildman–Crippen MR) is 66.5 cm³/mol. The zero-order valence-corrected chi connectivity index (χ0v) is 10.5. The van der Waals surface area contributed by atoms with Gasteiger partial charge in [0.1, 0.15) is 0 Å². The molecule has 98 valence electrons. The van der Waals surface area contributed by atoms with Gasteiger partial charge in [-0.2, -0.15) is 0 Å². The fraction of sp³-hybridized carbons (Fsp3) is 0.923. The zero-order chi connectivity index (χ0) is 12.1. The van der Waals surface area contributed by atoms with E-state index >= 15 is 0 Å². The first-order valence-corrected chi connectivity index (χ1v) is 6.88. The number of carbonyl (C=O) groups excluding carboxylic acids is 1. The first kappa shape index (κ1) is 12.8. The van der Waals surface area contributed by atoms with Crippen molar-refractivity contribution >= 4 is 5.91 Å². The van der Waals surface area contributed by atoms with Gasteiger partial charge in [0.25, 0.3) is 0 Å². The highest BCUT2D eigenvalue weighted by Crippen LogP contribution is 2.28. The highest BCUT2D eigenvalue weighted by Gasteiger charge is 2.29. The van der Waals surface area contributed by atoms with E-state index in [0.29, 0.717) is 6.54 Å². The minimum absolute atomic E-state index is 0.0439. The van der Waals surface area contributed by atoms with Crippen LogP contribution in [0.3, 0.4) is 0 Å². The SMILES string of the molecule is NC1CCCC1C(=O)NCCCOCC1CC1. The van der Waals surface area contributed by atoms with Crippen LogP contribution in [0.4, 0.5) is 0 Å². The van der Waals surface area contributed by atoms with Gasteiger partial charge in [0.2, 0.25) is 5.91 Å². The number of carbonyl (C=O) groups is 1. The van der Waals surface area contributed by atoms with Crippen LogP contribution in [-0.4, -0.2) is 31.7 Å². The van der Waals surface area contributed by atoms with Crippen LogP contribution in [0.5, 0.6) is 0 Å². The van der Waals surface area contributed by atoms with Crippen molar-refractivity contribution < 1.29 is 9.53 Å². The van der Waals surface area contributed by atoms with E-state index in [4.69, 9.17) is 10.5 Å². The molecule has 4 nitrogen and oxygen atoms in total. The van der Waals surface area contributed by atoms with E-state index in [-0.39, 0.29) is 17.9 Å². The number of hydrogen-bond donors (Lipinski definition) is 2. The summed E-state index contributed by atoms with van der Waals surface area (Å²) in [5.74, 6) is 1.00. The van der Waals surface area contributed by atoms with Crippen LogP contribution in [0, 0.1) is 11.8 Å². The summed E-state index contributed by atoms with van der Waals surface area (Å²) in [6, 6.07) is 0.0705. The Hall–Kier alpha value is -0.610. The summed E-state index contributed by atoms with van der Waals surface area (Å²) in [4.78, 5) is 11.8. The highest BCUT2D eigenvalue weighted by atomic mass is 16.5. The molecule has 0 aromatic rings. The van der Waals surface area contributed by atoms with Crippen molar-refractivity contribution in [2.75, 3.05) is 19.8 Å². The van der Waals surface area contributed by atoms with Crippen molar-refractivity contribution in [1.82, 2.24) is 5.32 Å². The largest absolute Gasteiger partial charge is 0.381 e. The van der Waals surface area contributed by atoms with Crippen molar-refractivity contribution in [1.29, 1.82) is 0 Å². The Morgan fingerprint density at radius 1 is 1.29 bits per heavy atom. The minimum Gasteiger partial charge on any atom is -0.381 e. The number of nitrogens with two attached hydrogens (primary N) is 1. The van der Waals surface area contributed by atoms with E-state index in [1.807, 2.05) is 0 Å². The molecule has 0 aromatic carbocycles. The molecule has 0 aromatic heterocycles. The number of ether oxygens (including phenoxy) is 1. The second kappa shape index (κ2) is 6.36. The minimum atomic E-state index is 0.0439. The Kier molecular flexibility index (Phi) is 4.80. The summed E-state index contributed by atoms with van der Waals surface area (Å²) in [7, 11) is 0. The molecule has 2 aliphatic carbocycles. The average molecular weight is 240 g/mol. The van der Waals surface area contributed by atoms with Crippen LogP contribution in [0.15, 0.2) is 0 Å². The molecule has 4 heteroatoms. The van der Waals surface area contributed by atoms with E-state index in [1.54, 1.807) is 0 Å². The van der Waals surface area contributed by atoms with Crippen molar-refractivity contribution in [3.05, 3.63) is 0 Å². The number of rotatable bonds is 7. The molecule has 0 radical (unpaired) electrons. The van der Waals surface area contributed by atoms with Gasteiger partial charge in [0.15, 0.2) is 0 Å². The lowest BCUT2D eigenvalue weighted by molar-refractivity contribution is -0.125. The second-order valence-corrected chi connectivity index (χ2v) is 5.36. The van der Waals surface area contributed by atoms with Crippen LogP contribution < -0.4 is 11.1 Å².